The third-order valence-electron chi connectivity index (χ3n) is 4.75. The van der Waals surface area contributed by atoms with Gasteiger partial charge in [-0.3, -0.25) is 4.79 Å². The molecule has 0 saturated heterocycles. The van der Waals surface area contributed by atoms with E-state index < -0.39 is 35.2 Å². The van der Waals surface area contributed by atoms with Gasteiger partial charge in [0.1, 0.15) is 11.4 Å². The Balaban J connectivity index is 2.44. The molecule has 5 N–H and O–H groups in total. The van der Waals surface area contributed by atoms with Crippen molar-refractivity contribution in [2.45, 2.75) is 32.7 Å². The SMILES string of the molecule is CC(C)C(=NS(=O)(=O)CCc1ccccc1)P(O)(O)=CC(C(=O)O)c1cccc(CN)c1. The number of hydrogen-bond acceptors (Lipinski definition) is 6. The zero-order valence-corrected chi connectivity index (χ0v) is 19.7. The molecule has 0 amide bonds. The van der Waals surface area contributed by atoms with Crippen molar-refractivity contribution in [2.24, 2.45) is 16.0 Å². The lowest BCUT2D eigenvalue weighted by Crippen LogP contribution is -2.19. The number of aryl methyl sites for hydroxylation is 1. The molecule has 1 unspecified atom stereocenters. The summed E-state index contributed by atoms with van der Waals surface area (Å²) < 4.78 is 28.9. The van der Waals surface area contributed by atoms with E-state index >= 15 is 0 Å². The van der Waals surface area contributed by atoms with Gasteiger partial charge in [-0.2, -0.15) is 4.40 Å². The molecule has 2 aromatic carbocycles. The molecule has 32 heavy (non-hydrogen) atoms. The second-order valence-corrected chi connectivity index (χ2v) is 11.5. The van der Waals surface area contributed by atoms with E-state index in [4.69, 9.17) is 5.73 Å². The molecule has 0 radical (unpaired) electrons. The van der Waals surface area contributed by atoms with Gasteiger partial charge >= 0.3 is 5.97 Å². The predicted octanol–water partition coefficient (Wildman–Crippen LogP) is 2.57. The molecule has 174 valence electrons. The molecule has 0 heterocycles. The highest BCUT2D eigenvalue weighted by Crippen LogP contribution is 2.44. The minimum Gasteiger partial charge on any atom is -0.481 e. The van der Waals surface area contributed by atoms with Crippen LogP contribution in [0.3, 0.4) is 0 Å². The zero-order chi connectivity index (χ0) is 23.9. The number of carbonyl (C=O) groups is 1. The second-order valence-electron chi connectivity index (χ2n) is 7.69. The highest BCUT2D eigenvalue weighted by Gasteiger charge is 2.29. The molecule has 10 heteroatoms. The van der Waals surface area contributed by atoms with Crippen LogP contribution in [-0.4, -0.2) is 46.3 Å². The fraction of sp³-hybridized carbons (Fsp3) is 0.318. The first-order valence-electron chi connectivity index (χ1n) is 10.0. The van der Waals surface area contributed by atoms with Crippen molar-refractivity contribution >= 4 is 34.6 Å². The third-order valence-corrected chi connectivity index (χ3v) is 8.08. The fourth-order valence-electron chi connectivity index (χ4n) is 3.12. The highest BCUT2D eigenvalue weighted by atomic mass is 32.2. The smallest absolute Gasteiger partial charge is 0.315 e. The van der Waals surface area contributed by atoms with E-state index in [1.54, 1.807) is 56.3 Å². The predicted molar refractivity (Wildman–Crippen MR) is 128 cm³/mol. The van der Waals surface area contributed by atoms with Crippen LogP contribution in [-0.2, 0) is 27.8 Å². The summed E-state index contributed by atoms with van der Waals surface area (Å²) in [6.07, 6.45) is 0.216. The van der Waals surface area contributed by atoms with Gasteiger partial charge in [0.25, 0.3) is 10.0 Å². The standard InChI is InChI=1S/C22H29N2O6PS/c1-16(2)21(24-32(29,30)12-11-17-7-4-3-5-8-17)31(27,28)15-20(22(25)26)19-10-6-9-18(13-19)14-23/h3-10,13,15-16,20,27-28H,11-12,14,23H2,1-2H3,(H,25,26). The number of nitrogens with zero attached hydrogens (tertiary/aromatic N) is 1. The van der Waals surface area contributed by atoms with Crippen molar-refractivity contribution in [3.63, 3.8) is 0 Å². The van der Waals surface area contributed by atoms with Crippen LogP contribution in [0.25, 0.3) is 0 Å². The molecule has 0 spiro atoms. The average molecular weight is 481 g/mol. The number of sulfonamides is 1. The highest BCUT2D eigenvalue weighted by molar-refractivity contribution is 7.91. The Kier molecular flexibility index (Phi) is 8.95. The fourth-order valence-corrected chi connectivity index (χ4v) is 6.68. The summed E-state index contributed by atoms with van der Waals surface area (Å²) in [4.78, 5) is 33.5. The van der Waals surface area contributed by atoms with Crippen molar-refractivity contribution < 1.29 is 28.1 Å². The minimum absolute atomic E-state index is 0.192. The second kappa shape index (κ2) is 11.0. The van der Waals surface area contributed by atoms with Crippen LogP contribution in [0.2, 0.25) is 0 Å². The molecule has 0 aliphatic carbocycles. The molecule has 2 rings (SSSR count). The van der Waals surface area contributed by atoms with E-state index in [0.717, 1.165) is 11.4 Å². The number of aliphatic carboxylic acids is 1. The first-order chi connectivity index (χ1) is 14.9. The minimum atomic E-state index is -4.27. The van der Waals surface area contributed by atoms with Gasteiger partial charge < -0.3 is 20.6 Å². The van der Waals surface area contributed by atoms with Crippen LogP contribution in [0.5, 0.6) is 0 Å². The number of carboxylic acid groups (broad SMARTS) is 1. The summed E-state index contributed by atoms with van der Waals surface area (Å²) in [6.45, 7) is 3.34. The van der Waals surface area contributed by atoms with E-state index in [9.17, 15) is 28.1 Å². The lowest BCUT2D eigenvalue weighted by atomic mass is 9.99. The third kappa shape index (κ3) is 7.39. The van der Waals surface area contributed by atoms with Crippen LogP contribution < -0.4 is 5.73 Å². The van der Waals surface area contributed by atoms with Crippen LogP contribution in [0.1, 0.15) is 36.5 Å². The van der Waals surface area contributed by atoms with Crippen molar-refractivity contribution in [3.8, 4) is 0 Å². The lowest BCUT2D eigenvalue weighted by Gasteiger charge is -2.21. The van der Waals surface area contributed by atoms with E-state index in [1.165, 1.54) is 6.07 Å². The van der Waals surface area contributed by atoms with Crippen molar-refractivity contribution in [1.82, 2.24) is 0 Å². The van der Waals surface area contributed by atoms with Gasteiger partial charge in [-0.1, -0.05) is 68.4 Å². The van der Waals surface area contributed by atoms with E-state index in [0.29, 0.717) is 11.1 Å². The summed E-state index contributed by atoms with van der Waals surface area (Å²) >= 11 is 0. The van der Waals surface area contributed by atoms with Crippen LogP contribution in [0.15, 0.2) is 59.0 Å². The van der Waals surface area contributed by atoms with Gasteiger partial charge in [0.2, 0.25) is 0 Å². The Morgan fingerprint density at radius 1 is 1.09 bits per heavy atom. The van der Waals surface area contributed by atoms with E-state index in [2.05, 4.69) is 4.40 Å². The summed E-state index contributed by atoms with van der Waals surface area (Å²) in [5.41, 5.74) is 7.07. The Morgan fingerprint density at radius 3 is 2.28 bits per heavy atom. The normalized spacial score (nSPS) is 13.8. The monoisotopic (exact) mass is 480 g/mol. The topological polar surface area (TPSA) is 150 Å². The number of carboxylic acids is 1. The molecule has 0 aliphatic rings. The molecule has 0 aromatic heterocycles. The maximum absolute atomic E-state index is 12.6. The zero-order valence-electron chi connectivity index (χ0n) is 18.0. The van der Waals surface area contributed by atoms with Crippen molar-refractivity contribution in [2.75, 3.05) is 5.75 Å². The van der Waals surface area contributed by atoms with Gasteiger partial charge in [0, 0.05) is 12.5 Å². The summed E-state index contributed by atoms with van der Waals surface area (Å²) in [7, 11) is -8.29. The molecule has 1 atom stereocenters. The molecule has 0 bridgehead atoms. The van der Waals surface area contributed by atoms with Gasteiger partial charge in [-0.25, -0.2) is 8.42 Å². The first-order valence-corrected chi connectivity index (χ1v) is 13.4. The van der Waals surface area contributed by atoms with Crippen LogP contribution in [0.4, 0.5) is 0 Å². The average Bonchev–Trinajstić information content (AvgIpc) is 2.75. The Hall–Kier alpha value is -2.29. The van der Waals surface area contributed by atoms with Gasteiger partial charge in [-0.05, 0) is 28.9 Å². The molecule has 8 nitrogen and oxygen atoms in total. The molecule has 0 aliphatic heterocycles. The number of benzene rings is 2. The van der Waals surface area contributed by atoms with E-state index in [-0.39, 0.29) is 24.2 Å². The van der Waals surface area contributed by atoms with Crippen molar-refractivity contribution in [3.05, 3.63) is 71.3 Å². The summed E-state index contributed by atoms with van der Waals surface area (Å²) in [5.74, 6) is -2.74. The van der Waals surface area contributed by atoms with Gasteiger partial charge in [0.05, 0.1) is 5.75 Å². The Bertz CT molecular complexity index is 1120. The Labute approximate surface area is 188 Å². The summed E-state index contributed by atoms with van der Waals surface area (Å²) in [6, 6.07) is 15.4. The maximum Gasteiger partial charge on any atom is 0.315 e. The lowest BCUT2D eigenvalue weighted by molar-refractivity contribution is -0.136. The molecular formula is C22H29N2O6PS. The van der Waals surface area contributed by atoms with E-state index in [1.807, 2.05) is 6.07 Å². The number of nitrogens with two attached hydrogens (primary N) is 1. The first kappa shape index (κ1) is 26.0. The number of rotatable bonds is 10. The number of hydrogen-bond donors (Lipinski definition) is 4. The summed E-state index contributed by atoms with van der Waals surface area (Å²) in [5, 5.41) is 9.69. The molecule has 2 aromatic rings. The van der Waals surface area contributed by atoms with Crippen LogP contribution >= 0.6 is 7.34 Å². The quantitative estimate of drug-likeness (QED) is 0.301. The Morgan fingerprint density at radius 2 is 1.72 bits per heavy atom. The molecule has 0 saturated carbocycles. The van der Waals surface area contributed by atoms with Gasteiger partial charge in [-0.15, -0.1) is 0 Å². The largest absolute Gasteiger partial charge is 0.481 e. The van der Waals surface area contributed by atoms with Crippen molar-refractivity contribution in [1.29, 1.82) is 0 Å². The van der Waals surface area contributed by atoms with Gasteiger partial charge in [0.15, 0.2) is 7.34 Å². The van der Waals surface area contributed by atoms with Crippen LogP contribution in [0, 0.1) is 5.92 Å². The molecular weight excluding hydrogens is 451 g/mol. The maximum atomic E-state index is 12.6. The molecule has 0 fully saturated rings.